The van der Waals surface area contributed by atoms with E-state index < -0.39 is 0 Å². The van der Waals surface area contributed by atoms with E-state index >= 15 is 0 Å². The van der Waals surface area contributed by atoms with E-state index in [1.165, 1.54) is 0 Å². The van der Waals surface area contributed by atoms with Crippen molar-refractivity contribution < 1.29 is 9.53 Å². The molecular weight excluding hydrogens is 649 g/mol. The molecule has 0 heterocycles. The van der Waals surface area contributed by atoms with Crippen molar-refractivity contribution in [3.63, 3.8) is 0 Å². The van der Waals surface area contributed by atoms with Crippen molar-refractivity contribution in [3.8, 4) is 5.75 Å². The molecule has 0 aliphatic heterocycles. The van der Waals surface area contributed by atoms with Crippen LogP contribution in [0.15, 0.2) is 40.9 Å². The first-order chi connectivity index (χ1) is 8.99. The van der Waals surface area contributed by atoms with Crippen LogP contribution in [0.3, 0.4) is 0 Å². The van der Waals surface area contributed by atoms with Crippen molar-refractivity contribution in [1.29, 1.82) is 0 Å². The van der Waals surface area contributed by atoms with E-state index in [0.717, 1.165) is 15.2 Å². The van der Waals surface area contributed by atoms with Crippen LogP contribution < -0.4 is 4.74 Å². The van der Waals surface area contributed by atoms with Crippen LogP contribution in [-0.2, 0) is 0 Å². The van der Waals surface area contributed by atoms with Gasteiger partial charge in [0.05, 0.1) is 12.7 Å². The quantitative estimate of drug-likeness (QED) is 0.244. The van der Waals surface area contributed by atoms with Crippen LogP contribution in [0, 0.1) is 10.7 Å². The molecule has 0 N–H and O–H groups in total. The Morgan fingerprint density at radius 3 is 2.21 bits per heavy atom. The van der Waals surface area contributed by atoms with Gasteiger partial charge in [-0.05, 0) is 108 Å². The van der Waals surface area contributed by atoms with Gasteiger partial charge in [0.2, 0.25) is 0 Å². The summed E-state index contributed by atoms with van der Waals surface area (Å²) >= 11 is 9.94. The van der Waals surface area contributed by atoms with E-state index in [1.807, 2.05) is 30.3 Å². The third-order valence-corrected chi connectivity index (χ3v) is 5.17. The standard InChI is InChI=1S/C13H6BrI3O2/c14-9-4-2-1-3-8(9)13(18)19-12-10(16)5-7(15)6-11(12)17/h1-6H. The highest BCUT2D eigenvalue weighted by Crippen LogP contribution is 2.30. The molecule has 0 radical (unpaired) electrons. The second-order valence-electron chi connectivity index (χ2n) is 3.57. The Balaban J connectivity index is 2.32. The summed E-state index contributed by atoms with van der Waals surface area (Å²) in [6.45, 7) is 0. The van der Waals surface area contributed by atoms with Gasteiger partial charge in [0.15, 0.2) is 5.75 Å². The van der Waals surface area contributed by atoms with Gasteiger partial charge >= 0.3 is 5.97 Å². The maximum atomic E-state index is 12.2. The van der Waals surface area contributed by atoms with Gasteiger partial charge in [0, 0.05) is 8.04 Å². The number of hydrogen-bond acceptors (Lipinski definition) is 2. The number of carbonyl (C=O) groups is 1. The summed E-state index contributed by atoms with van der Waals surface area (Å²) in [6, 6.07) is 11.2. The molecule has 19 heavy (non-hydrogen) atoms. The molecule has 98 valence electrons. The van der Waals surface area contributed by atoms with Gasteiger partial charge in [0.25, 0.3) is 0 Å². The summed E-state index contributed by atoms with van der Waals surface area (Å²) in [5.41, 5.74) is 0.521. The number of rotatable bonds is 2. The summed E-state index contributed by atoms with van der Waals surface area (Å²) in [4.78, 5) is 12.2. The minimum atomic E-state index is -0.357. The maximum absolute atomic E-state index is 12.2. The van der Waals surface area contributed by atoms with Crippen molar-refractivity contribution in [1.82, 2.24) is 0 Å². The third kappa shape index (κ3) is 4.03. The second kappa shape index (κ2) is 7.03. The molecule has 6 heteroatoms. The summed E-state index contributed by atoms with van der Waals surface area (Å²) in [6.07, 6.45) is 0. The molecule has 0 aliphatic rings. The summed E-state index contributed by atoms with van der Waals surface area (Å²) in [5, 5.41) is 0. The fourth-order valence-corrected chi connectivity index (χ4v) is 5.65. The van der Waals surface area contributed by atoms with Crippen molar-refractivity contribution >= 4 is 89.7 Å². The van der Waals surface area contributed by atoms with Gasteiger partial charge in [-0.3, -0.25) is 0 Å². The number of carbonyl (C=O) groups excluding carboxylic acids is 1. The van der Waals surface area contributed by atoms with E-state index in [9.17, 15) is 4.79 Å². The molecule has 0 spiro atoms. The first-order valence-corrected chi connectivity index (χ1v) is 9.13. The van der Waals surface area contributed by atoms with Crippen LogP contribution >= 0.6 is 83.7 Å². The summed E-state index contributed by atoms with van der Waals surface area (Å²) in [7, 11) is 0. The molecule has 0 aliphatic carbocycles. The Morgan fingerprint density at radius 1 is 1.05 bits per heavy atom. The van der Waals surface area contributed by atoms with Crippen molar-refractivity contribution in [2.24, 2.45) is 0 Å². The highest BCUT2D eigenvalue weighted by Gasteiger charge is 2.16. The number of hydrogen-bond donors (Lipinski definition) is 0. The van der Waals surface area contributed by atoms with E-state index in [1.54, 1.807) is 6.07 Å². The monoisotopic (exact) mass is 654 g/mol. The first-order valence-electron chi connectivity index (χ1n) is 5.10. The van der Waals surface area contributed by atoms with E-state index in [4.69, 9.17) is 4.74 Å². The smallest absolute Gasteiger partial charge is 0.344 e. The Morgan fingerprint density at radius 2 is 1.63 bits per heavy atom. The van der Waals surface area contributed by atoms with Crippen LogP contribution in [0.2, 0.25) is 0 Å². The number of esters is 1. The molecule has 2 rings (SSSR count). The van der Waals surface area contributed by atoms with E-state index in [0.29, 0.717) is 11.3 Å². The van der Waals surface area contributed by atoms with Gasteiger partial charge in [-0.1, -0.05) is 12.1 Å². The zero-order valence-electron chi connectivity index (χ0n) is 9.29. The van der Waals surface area contributed by atoms with Crippen LogP contribution in [-0.4, -0.2) is 5.97 Å². The second-order valence-corrected chi connectivity index (χ2v) is 7.99. The zero-order chi connectivity index (χ0) is 14.0. The Bertz CT molecular complexity index is 621. The van der Waals surface area contributed by atoms with E-state index in [-0.39, 0.29) is 5.97 Å². The fraction of sp³-hybridized carbons (Fsp3) is 0. The number of benzene rings is 2. The Kier molecular flexibility index (Phi) is 5.90. The van der Waals surface area contributed by atoms with Gasteiger partial charge in [-0.15, -0.1) is 0 Å². The SMILES string of the molecule is O=C(Oc1c(I)cc(I)cc1I)c1ccccc1Br. The average Bonchev–Trinajstić information content (AvgIpc) is 2.34. The molecule has 0 saturated heterocycles. The average molecular weight is 655 g/mol. The van der Waals surface area contributed by atoms with Gasteiger partial charge in [-0.2, -0.15) is 0 Å². The molecule has 0 atom stereocenters. The lowest BCUT2D eigenvalue weighted by Gasteiger charge is -2.10. The highest BCUT2D eigenvalue weighted by atomic mass is 127. The van der Waals surface area contributed by atoms with Crippen LogP contribution in [0.5, 0.6) is 5.75 Å². The normalized spacial score (nSPS) is 10.3. The Labute approximate surface area is 160 Å². The van der Waals surface area contributed by atoms with Gasteiger partial charge in [0.1, 0.15) is 0 Å². The lowest BCUT2D eigenvalue weighted by molar-refractivity contribution is 0.0731. The molecule has 0 fully saturated rings. The van der Waals surface area contributed by atoms with Crippen molar-refractivity contribution in [2.75, 3.05) is 0 Å². The minimum absolute atomic E-state index is 0.357. The largest absolute Gasteiger partial charge is 0.421 e. The molecule has 2 nitrogen and oxygen atoms in total. The maximum Gasteiger partial charge on any atom is 0.344 e. The number of ether oxygens (including phenoxy) is 1. The predicted octanol–water partition coefficient (Wildman–Crippen LogP) is 5.48. The van der Waals surface area contributed by atoms with Crippen molar-refractivity contribution in [3.05, 3.63) is 57.1 Å². The van der Waals surface area contributed by atoms with Crippen LogP contribution in [0.4, 0.5) is 0 Å². The van der Waals surface area contributed by atoms with Crippen LogP contribution in [0.25, 0.3) is 0 Å². The third-order valence-electron chi connectivity index (χ3n) is 2.25. The fourth-order valence-electron chi connectivity index (χ4n) is 1.40. The first kappa shape index (κ1) is 16.0. The molecule has 0 saturated carbocycles. The highest BCUT2D eigenvalue weighted by molar-refractivity contribution is 14.1. The topological polar surface area (TPSA) is 26.3 Å². The predicted molar refractivity (Wildman–Crippen MR) is 104 cm³/mol. The van der Waals surface area contributed by atoms with Crippen LogP contribution in [0.1, 0.15) is 10.4 Å². The lowest BCUT2D eigenvalue weighted by atomic mass is 10.2. The molecule has 2 aromatic rings. The van der Waals surface area contributed by atoms with Gasteiger partial charge < -0.3 is 4.74 Å². The van der Waals surface area contributed by atoms with E-state index in [2.05, 4.69) is 83.7 Å². The lowest BCUT2D eigenvalue weighted by Crippen LogP contribution is -2.11. The zero-order valence-corrected chi connectivity index (χ0v) is 17.4. The molecule has 2 aromatic carbocycles. The van der Waals surface area contributed by atoms with Crippen molar-refractivity contribution in [2.45, 2.75) is 0 Å². The summed E-state index contributed by atoms with van der Waals surface area (Å²) < 4.78 is 9.21. The molecule has 0 unspecified atom stereocenters. The number of halogens is 4. The molecular formula is C13H6BrI3O2. The Hall–Kier alpha value is 0.580. The molecule has 0 aromatic heterocycles. The van der Waals surface area contributed by atoms with Gasteiger partial charge in [-0.25, -0.2) is 4.79 Å². The molecule has 0 bridgehead atoms. The minimum Gasteiger partial charge on any atom is -0.421 e. The summed E-state index contributed by atoms with van der Waals surface area (Å²) in [5.74, 6) is 0.256. The molecule has 0 amide bonds.